The summed E-state index contributed by atoms with van der Waals surface area (Å²) < 4.78 is 23.5. The first kappa shape index (κ1) is 12.6. The van der Waals surface area contributed by atoms with Crippen molar-refractivity contribution in [1.82, 2.24) is 0 Å². The van der Waals surface area contributed by atoms with Gasteiger partial charge in [0.1, 0.15) is 0 Å². The van der Waals surface area contributed by atoms with E-state index < -0.39 is 9.84 Å². The van der Waals surface area contributed by atoms with Crippen LogP contribution in [0.3, 0.4) is 0 Å². The predicted molar refractivity (Wildman–Crippen MR) is 70.4 cm³/mol. The molecule has 0 spiro atoms. The van der Waals surface area contributed by atoms with Crippen LogP contribution < -0.4 is 4.90 Å². The van der Waals surface area contributed by atoms with Gasteiger partial charge in [-0.1, -0.05) is 15.9 Å². The minimum atomic E-state index is -2.89. The number of hydrogen-bond acceptors (Lipinski definition) is 4. The van der Waals surface area contributed by atoms with E-state index in [0.717, 1.165) is 16.4 Å². The van der Waals surface area contributed by atoms with E-state index in [1.54, 1.807) is 6.07 Å². The third kappa shape index (κ3) is 2.87. The van der Waals surface area contributed by atoms with Gasteiger partial charge in [0.25, 0.3) is 0 Å². The van der Waals surface area contributed by atoms with Crippen molar-refractivity contribution in [2.75, 3.05) is 29.5 Å². The Balaban J connectivity index is 2.27. The van der Waals surface area contributed by atoms with Crippen molar-refractivity contribution < 1.29 is 13.2 Å². The maximum atomic E-state index is 11.3. The molecule has 2 rings (SSSR count). The molecule has 1 heterocycles. The van der Waals surface area contributed by atoms with Crippen molar-refractivity contribution in [2.24, 2.45) is 0 Å². The lowest BCUT2D eigenvalue weighted by Crippen LogP contribution is -2.40. The predicted octanol–water partition coefficient (Wildman–Crippen LogP) is 1.50. The molecule has 0 aliphatic carbocycles. The molecule has 1 fully saturated rings. The lowest BCUT2D eigenvalue weighted by atomic mass is 10.1. The minimum absolute atomic E-state index is 0.154. The van der Waals surface area contributed by atoms with E-state index in [1.165, 1.54) is 0 Å². The van der Waals surface area contributed by atoms with Crippen LogP contribution in [0, 0.1) is 0 Å². The van der Waals surface area contributed by atoms with Crippen molar-refractivity contribution in [3.8, 4) is 0 Å². The fourth-order valence-corrected chi connectivity index (χ4v) is 3.44. The van der Waals surface area contributed by atoms with E-state index in [0.29, 0.717) is 18.7 Å². The fraction of sp³-hybridized carbons (Fsp3) is 0.364. The first-order valence-corrected chi connectivity index (χ1v) is 7.83. The Kier molecular flexibility index (Phi) is 3.53. The summed E-state index contributed by atoms with van der Waals surface area (Å²) >= 11 is 3.31. The summed E-state index contributed by atoms with van der Waals surface area (Å²) in [6, 6.07) is 5.43. The summed E-state index contributed by atoms with van der Waals surface area (Å²) in [6.45, 7) is 0.898. The number of nitrogens with zero attached hydrogens (tertiary/aromatic N) is 1. The standard InChI is InChI=1S/C11H12BrNO3S/c12-10-1-2-11(9(7-10)8-14)13-3-5-17(15,16)6-4-13/h1-2,7-8H,3-6H2. The Hall–Kier alpha value is -0.880. The number of rotatable bonds is 2. The van der Waals surface area contributed by atoms with Crippen LogP contribution in [0.4, 0.5) is 5.69 Å². The van der Waals surface area contributed by atoms with E-state index >= 15 is 0 Å². The molecule has 1 saturated heterocycles. The summed E-state index contributed by atoms with van der Waals surface area (Å²) in [5, 5.41) is 0. The lowest BCUT2D eigenvalue weighted by Gasteiger charge is -2.29. The van der Waals surface area contributed by atoms with Gasteiger partial charge in [0, 0.05) is 28.8 Å². The number of carbonyl (C=O) groups excluding carboxylic acids is 1. The quantitative estimate of drug-likeness (QED) is 0.776. The monoisotopic (exact) mass is 317 g/mol. The molecule has 0 radical (unpaired) electrons. The molecular weight excluding hydrogens is 306 g/mol. The first-order chi connectivity index (χ1) is 8.02. The number of sulfone groups is 1. The van der Waals surface area contributed by atoms with Crippen molar-refractivity contribution in [2.45, 2.75) is 0 Å². The van der Waals surface area contributed by atoms with E-state index in [4.69, 9.17) is 0 Å². The normalized spacial score (nSPS) is 19.0. The highest BCUT2D eigenvalue weighted by Gasteiger charge is 2.23. The molecule has 0 amide bonds. The number of halogens is 1. The van der Waals surface area contributed by atoms with Gasteiger partial charge in [-0.05, 0) is 18.2 Å². The van der Waals surface area contributed by atoms with Crippen LogP contribution >= 0.6 is 15.9 Å². The van der Waals surface area contributed by atoms with Gasteiger partial charge in [-0.2, -0.15) is 0 Å². The average Bonchev–Trinajstić information content (AvgIpc) is 2.29. The molecular formula is C11H12BrNO3S. The van der Waals surface area contributed by atoms with Crippen LogP contribution in [0.15, 0.2) is 22.7 Å². The Morgan fingerprint density at radius 3 is 2.47 bits per heavy atom. The zero-order valence-electron chi connectivity index (χ0n) is 9.10. The second kappa shape index (κ2) is 4.78. The molecule has 0 saturated carbocycles. The van der Waals surface area contributed by atoms with Crippen molar-refractivity contribution in [3.63, 3.8) is 0 Å². The Labute approximate surface area is 109 Å². The Bertz CT molecular complexity index is 528. The molecule has 1 aliphatic rings. The minimum Gasteiger partial charge on any atom is -0.369 e. The first-order valence-electron chi connectivity index (χ1n) is 5.22. The molecule has 92 valence electrons. The maximum absolute atomic E-state index is 11.3. The molecule has 17 heavy (non-hydrogen) atoms. The molecule has 0 aromatic heterocycles. The summed E-state index contributed by atoms with van der Waals surface area (Å²) in [7, 11) is -2.89. The SMILES string of the molecule is O=Cc1cc(Br)ccc1N1CCS(=O)(=O)CC1. The second-order valence-electron chi connectivity index (χ2n) is 3.96. The third-order valence-corrected chi connectivity index (χ3v) is 4.90. The Morgan fingerprint density at radius 1 is 1.24 bits per heavy atom. The van der Waals surface area contributed by atoms with Crippen LogP contribution in [0.2, 0.25) is 0 Å². The van der Waals surface area contributed by atoms with E-state index in [1.807, 2.05) is 17.0 Å². The summed E-state index contributed by atoms with van der Waals surface area (Å²) in [6.07, 6.45) is 0.795. The topological polar surface area (TPSA) is 54.5 Å². The van der Waals surface area contributed by atoms with Crippen LogP contribution in [0.25, 0.3) is 0 Å². The van der Waals surface area contributed by atoms with Gasteiger partial charge in [-0.25, -0.2) is 8.42 Å². The molecule has 1 aromatic carbocycles. The average molecular weight is 318 g/mol. The summed E-state index contributed by atoms with van der Waals surface area (Å²) in [4.78, 5) is 12.9. The van der Waals surface area contributed by atoms with Gasteiger partial charge in [0.15, 0.2) is 16.1 Å². The number of hydrogen-bond donors (Lipinski definition) is 0. The number of carbonyl (C=O) groups is 1. The Morgan fingerprint density at radius 2 is 1.88 bits per heavy atom. The molecule has 6 heteroatoms. The van der Waals surface area contributed by atoms with Crippen LogP contribution in [0.1, 0.15) is 10.4 Å². The van der Waals surface area contributed by atoms with Gasteiger partial charge in [-0.15, -0.1) is 0 Å². The number of anilines is 1. The van der Waals surface area contributed by atoms with Crippen molar-refractivity contribution >= 4 is 37.7 Å². The van der Waals surface area contributed by atoms with Crippen LogP contribution in [-0.4, -0.2) is 39.3 Å². The molecule has 1 aliphatic heterocycles. The van der Waals surface area contributed by atoms with E-state index in [9.17, 15) is 13.2 Å². The molecule has 0 N–H and O–H groups in total. The number of benzene rings is 1. The van der Waals surface area contributed by atoms with E-state index in [2.05, 4.69) is 15.9 Å². The summed E-state index contributed by atoms with van der Waals surface area (Å²) in [5.41, 5.74) is 1.39. The smallest absolute Gasteiger partial charge is 0.153 e. The zero-order valence-corrected chi connectivity index (χ0v) is 11.5. The van der Waals surface area contributed by atoms with Crippen molar-refractivity contribution in [3.05, 3.63) is 28.2 Å². The van der Waals surface area contributed by atoms with E-state index in [-0.39, 0.29) is 11.5 Å². The van der Waals surface area contributed by atoms with Gasteiger partial charge in [0.05, 0.1) is 11.5 Å². The van der Waals surface area contributed by atoms with Gasteiger partial charge >= 0.3 is 0 Å². The van der Waals surface area contributed by atoms with Crippen LogP contribution in [0.5, 0.6) is 0 Å². The summed E-state index contributed by atoms with van der Waals surface area (Å²) in [5.74, 6) is 0.308. The highest BCUT2D eigenvalue weighted by molar-refractivity contribution is 9.10. The zero-order chi connectivity index (χ0) is 12.5. The molecule has 0 bridgehead atoms. The van der Waals surface area contributed by atoms with Crippen LogP contribution in [-0.2, 0) is 9.84 Å². The molecule has 1 aromatic rings. The lowest BCUT2D eigenvalue weighted by molar-refractivity contribution is 0.112. The highest BCUT2D eigenvalue weighted by Crippen LogP contribution is 2.24. The van der Waals surface area contributed by atoms with Crippen molar-refractivity contribution in [1.29, 1.82) is 0 Å². The highest BCUT2D eigenvalue weighted by atomic mass is 79.9. The number of aldehydes is 1. The fourth-order valence-electron chi connectivity index (χ4n) is 1.86. The van der Waals surface area contributed by atoms with Gasteiger partial charge < -0.3 is 4.90 Å². The van der Waals surface area contributed by atoms with Gasteiger partial charge in [0.2, 0.25) is 0 Å². The second-order valence-corrected chi connectivity index (χ2v) is 7.18. The molecule has 0 atom stereocenters. The largest absolute Gasteiger partial charge is 0.369 e. The van der Waals surface area contributed by atoms with Gasteiger partial charge in [-0.3, -0.25) is 4.79 Å². The molecule has 0 unspecified atom stereocenters. The molecule has 4 nitrogen and oxygen atoms in total. The third-order valence-electron chi connectivity index (χ3n) is 2.80. The maximum Gasteiger partial charge on any atom is 0.153 e.